The second-order valence-corrected chi connectivity index (χ2v) is 9.62. The molecule has 2 heteroatoms. The van der Waals surface area contributed by atoms with Crippen molar-refractivity contribution in [2.24, 2.45) is 0 Å². The van der Waals surface area contributed by atoms with Crippen LogP contribution in [0.5, 0.6) is 0 Å². The highest BCUT2D eigenvalue weighted by Gasteiger charge is 2.25. The molecule has 4 aromatic carbocycles. The van der Waals surface area contributed by atoms with E-state index in [1.165, 1.54) is 5.56 Å². The molecule has 0 saturated carbocycles. The van der Waals surface area contributed by atoms with Crippen molar-refractivity contribution in [3.05, 3.63) is 138 Å². The van der Waals surface area contributed by atoms with Crippen molar-refractivity contribution in [3.63, 3.8) is 0 Å². The first-order valence-electron chi connectivity index (χ1n) is 9.78. The van der Waals surface area contributed by atoms with Gasteiger partial charge in [0.25, 0.3) is 0 Å². The van der Waals surface area contributed by atoms with Gasteiger partial charge < -0.3 is 4.57 Å². The number of benzene rings is 4. The molecule has 4 aromatic rings. The summed E-state index contributed by atoms with van der Waals surface area (Å²) in [7, 11) is -2.94. The number of hydrogen-bond acceptors (Lipinski definition) is 1. The highest BCUT2D eigenvalue weighted by Crippen LogP contribution is 2.47. The Labute approximate surface area is 172 Å². The molecule has 1 nitrogen and oxygen atoms in total. The van der Waals surface area contributed by atoms with Gasteiger partial charge >= 0.3 is 0 Å². The predicted octanol–water partition coefficient (Wildman–Crippen LogP) is 6.28. The average molecular weight is 394 g/mol. The smallest absolute Gasteiger partial charge is 0.164 e. The van der Waals surface area contributed by atoms with Crippen LogP contribution in [0.1, 0.15) is 11.1 Å². The summed E-state index contributed by atoms with van der Waals surface area (Å²) in [5.41, 5.74) is 3.38. The Balaban J connectivity index is 1.90. The Bertz CT molecular complexity index is 1070. The molecule has 142 valence electrons. The molecular formula is C27H23OP. The lowest BCUT2D eigenvalue weighted by atomic mass is 10.00. The summed E-state index contributed by atoms with van der Waals surface area (Å²) >= 11 is 0. The van der Waals surface area contributed by atoms with Gasteiger partial charge in [-0.1, -0.05) is 121 Å². The van der Waals surface area contributed by atoms with Crippen LogP contribution < -0.4 is 10.6 Å². The van der Waals surface area contributed by atoms with Crippen LogP contribution in [0.3, 0.4) is 0 Å². The van der Waals surface area contributed by atoms with Gasteiger partial charge in [0, 0.05) is 10.6 Å². The van der Waals surface area contributed by atoms with E-state index in [1.54, 1.807) is 0 Å². The summed E-state index contributed by atoms with van der Waals surface area (Å²) in [5.74, 6) is 2.01. The van der Waals surface area contributed by atoms with E-state index < -0.39 is 7.14 Å². The molecule has 4 rings (SSSR count). The van der Waals surface area contributed by atoms with Crippen molar-refractivity contribution < 1.29 is 4.57 Å². The van der Waals surface area contributed by atoms with E-state index >= 15 is 0 Å². The zero-order chi connectivity index (χ0) is 19.9. The molecule has 0 spiro atoms. The number of allylic oxidation sites excluding steroid dienone is 1. The van der Waals surface area contributed by atoms with Crippen LogP contribution >= 0.6 is 7.14 Å². The van der Waals surface area contributed by atoms with E-state index in [0.717, 1.165) is 28.2 Å². The van der Waals surface area contributed by atoms with Crippen molar-refractivity contribution >= 4 is 23.3 Å². The van der Waals surface area contributed by atoms with Crippen LogP contribution in [0.2, 0.25) is 0 Å². The maximum absolute atomic E-state index is 14.5. The summed E-state index contributed by atoms with van der Waals surface area (Å²) in [6.45, 7) is 0. The second kappa shape index (κ2) is 8.90. The Kier molecular flexibility index (Phi) is 5.89. The largest absolute Gasteiger partial charge is 0.309 e. The van der Waals surface area contributed by atoms with Gasteiger partial charge in [-0.3, -0.25) is 0 Å². The Hall–Kier alpha value is -3.15. The van der Waals surface area contributed by atoms with E-state index in [4.69, 9.17) is 0 Å². The minimum Gasteiger partial charge on any atom is -0.309 e. The standard InChI is InChI=1S/C27H23OP/c28-29(26-17-9-3-10-18-26,27-19-11-4-12-20-27)22-25(24-15-7-2-8-16-24)21-23-13-5-1-6-14-23/h1-20,22H,21H2/b25-22+. The van der Waals surface area contributed by atoms with Crippen LogP contribution in [0, 0.1) is 0 Å². The van der Waals surface area contributed by atoms with Crippen molar-refractivity contribution in [1.82, 2.24) is 0 Å². The van der Waals surface area contributed by atoms with Crippen LogP contribution in [0.15, 0.2) is 127 Å². The third-order valence-electron chi connectivity index (χ3n) is 5.00. The molecule has 0 aliphatic heterocycles. The van der Waals surface area contributed by atoms with E-state index in [9.17, 15) is 4.57 Å². The topological polar surface area (TPSA) is 17.1 Å². The number of hydrogen-bond donors (Lipinski definition) is 0. The normalized spacial score (nSPS) is 11.9. The fourth-order valence-electron chi connectivity index (χ4n) is 3.51. The minimum atomic E-state index is -2.94. The summed E-state index contributed by atoms with van der Waals surface area (Å²) in [5, 5.41) is 1.71. The first-order valence-corrected chi connectivity index (χ1v) is 11.6. The fourth-order valence-corrected chi connectivity index (χ4v) is 6.01. The van der Waals surface area contributed by atoms with Gasteiger partial charge in [0.05, 0.1) is 0 Å². The average Bonchev–Trinajstić information content (AvgIpc) is 2.81. The lowest BCUT2D eigenvalue weighted by Gasteiger charge is -2.18. The summed E-state index contributed by atoms with van der Waals surface area (Å²) in [6, 6.07) is 40.2. The second-order valence-electron chi connectivity index (χ2n) is 7.01. The van der Waals surface area contributed by atoms with Gasteiger partial charge in [-0.15, -0.1) is 0 Å². The van der Waals surface area contributed by atoms with E-state index in [0.29, 0.717) is 0 Å². The van der Waals surface area contributed by atoms with Crippen molar-refractivity contribution in [3.8, 4) is 0 Å². The van der Waals surface area contributed by atoms with Crippen LogP contribution in [-0.2, 0) is 11.0 Å². The van der Waals surface area contributed by atoms with Gasteiger partial charge in [-0.05, 0) is 28.9 Å². The quantitative estimate of drug-likeness (QED) is 0.352. The van der Waals surface area contributed by atoms with Crippen LogP contribution in [-0.4, -0.2) is 0 Å². The third-order valence-corrected chi connectivity index (χ3v) is 7.81. The molecule has 0 fully saturated rings. The molecule has 0 radical (unpaired) electrons. The molecule has 29 heavy (non-hydrogen) atoms. The SMILES string of the molecule is O=P(/C=C(\Cc1ccccc1)c1ccccc1)(c1ccccc1)c1ccccc1. The zero-order valence-electron chi connectivity index (χ0n) is 16.2. The molecule has 0 aliphatic rings. The summed E-state index contributed by atoms with van der Waals surface area (Å²) in [6.07, 6.45) is 0.731. The van der Waals surface area contributed by atoms with E-state index in [1.807, 2.05) is 103 Å². The maximum atomic E-state index is 14.5. The molecule has 0 aromatic heterocycles. The fraction of sp³-hybridized carbons (Fsp3) is 0.0370. The monoisotopic (exact) mass is 394 g/mol. The first-order chi connectivity index (χ1) is 14.3. The predicted molar refractivity (Wildman–Crippen MR) is 124 cm³/mol. The van der Waals surface area contributed by atoms with Gasteiger partial charge in [0.1, 0.15) is 0 Å². The molecule has 0 heterocycles. The minimum absolute atomic E-state index is 0.731. The van der Waals surface area contributed by atoms with Gasteiger partial charge in [-0.2, -0.15) is 0 Å². The molecule has 0 aliphatic carbocycles. The molecule has 0 bridgehead atoms. The zero-order valence-corrected chi connectivity index (χ0v) is 17.1. The third kappa shape index (κ3) is 4.47. The Morgan fingerprint density at radius 3 is 1.48 bits per heavy atom. The summed E-state index contributed by atoms with van der Waals surface area (Å²) in [4.78, 5) is 0. The Morgan fingerprint density at radius 2 is 1.00 bits per heavy atom. The molecule has 0 atom stereocenters. The highest BCUT2D eigenvalue weighted by atomic mass is 31.2. The maximum Gasteiger partial charge on any atom is 0.164 e. The highest BCUT2D eigenvalue weighted by molar-refractivity contribution is 7.81. The van der Waals surface area contributed by atoms with Crippen LogP contribution in [0.25, 0.3) is 5.57 Å². The van der Waals surface area contributed by atoms with E-state index in [-0.39, 0.29) is 0 Å². The van der Waals surface area contributed by atoms with Crippen molar-refractivity contribution in [2.75, 3.05) is 0 Å². The Morgan fingerprint density at radius 1 is 0.586 bits per heavy atom. The van der Waals surface area contributed by atoms with Gasteiger partial charge in [0.2, 0.25) is 0 Å². The van der Waals surface area contributed by atoms with Crippen molar-refractivity contribution in [2.45, 2.75) is 6.42 Å². The lowest BCUT2D eigenvalue weighted by Crippen LogP contribution is -2.14. The van der Waals surface area contributed by atoms with Crippen LogP contribution in [0.4, 0.5) is 0 Å². The van der Waals surface area contributed by atoms with E-state index in [2.05, 4.69) is 24.3 Å². The molecule has 0 amide bonds. The number of rotatable bonds is 6. The summed E-state index contributed by atoms with van der Waals surface area (Å²) < 4.78 is 14.5. The molecule has 0 unspecified atom stereocenters. The van der Waals surface area contributed by atoms with Gasteiger partial charge in [-0.25, -0.2) is 0 Å². The molecular weight excluding hydrogens is 371 g/mol. The van der Waals surface area contributed by atoms with Crippen molar-refractivity contribution in [1.29, 1.82) is 0 Å². The van der Waals surface area contributed by atoms with Gasteiger partial charge in [0.15, 0.2) is 7.14 Å². The first kappa shape index (κ1) is 19.2. The lowest BCUT2D eigenvalue weighted by molar-refractivity contribution is 0.592. The molecule has 0 saturated heterocycles. The molecule has 0 N–H and O–H groups in total.